The van der Waals surface area contributed by atoms with Crippen LogP contribution in [0.2, 0.25) is 0 Å². The van der Waals surface area contributed by atoms with E-state index in [1.165, 1.54) is 5.56 Å². The topological polar surface area (TPSA) is 87.1 Å². The number of aromatic nitrogens is 1. The summed E-state index contributed by atoms with van der Waals surface area (Å²) in [4.78, 5) is 12.5. The Morgan fingerprint density at radius 2 is 2.19 bits per heavy atom. The van der Waals surface area contributed by atoms with Crippen LogP contribution < -0.4 is 0 Å². The van der Waals surface area contributed by atoms with Gasteiger partial charge < -0.3 is 9.52 Å². The maximum Gasteiger partial charge on any atom is 0.290 e. The van der Waals surface area contributed by atoms with Gasteiger partial charge in [-0.1, -0.05) is 19.9 Å². The molecule has 5 nitrogen and oxygen atoms in total. The molecule has 1 atom stereocenters. The number of nitriles is 1. The van der Waals surface area contributed by atoms with Gasteiger partial charge in [-0.2, -0.15) is 5.26 Å². The molecular formula is C16H18N2O3. The number of rotatable bonds is 3. The normalized spacial score (nSPS) is 11.0. The molecule has 2 rings (SSSR count). The second-order valence-corrected chi connectivity index (χ2v) is 4.57. The Hall–Kier alpha value is -2.61. The van der Waals surface area contributed by atoms with Crippen LogP contribution in [0.25, 0.3) is 11.3 Å². The van der Waals surface area contributed by atoms with Crippen molar-refractivity contribution in [1.29, 1.82) is 5.26 Å². The molecule has 0 aliphatic rings. The molecule has 0 fully saturated rings. The van der Waals surface area contributed by atoms with Crippen LogP contribution in [-0.2, 0) is 4.79 Å². The summed E-state index contributed by atoms with van der Waals surface area (Å²) < 4.78 is 5.58. The van der Waals surface area contributed by atoms with Crippen LogP contribution in [0.4, 0.5) is 0 Å². The number of benzene rings is 1. The summed E-state index contributed by atoms with van der Waals surface area (Å²) in [6.45, 7) is 5.90. The van der Waals surface area contributed by atoms with Gasteiger partial charge in [0.15, 0.2) is 11.7 Å². The van der Waals surface area contributed by atoms with Crippen LogP contribution in [0, 0.1) is 18.3 Å². The average Bonchev–Trinajstić information content (AvgIpc) is 2.93. The molecule has 21 heavy (non-hydrogen) atoms. The van der Waals surface area contributed by atoms with Crippen molar-refractivity contribution in [3.63, 3.8) is 0 Å². The zero-order valence-corrected chi connectivity index (χ0v) is 12.3. The van der Waals surface area contributed by atoms with Gasteiger partial charge in [0.05, 0.1) is 17.8 Å². The summed E-state index contributed by atoms with van der Waals surface area (Å²) >= 11 is 0. The number of oxazole rings is 1. The van der Waals surface area contributed by atoms with E-state index in [4.69, 9.17) is 19.6 Å². The van der Waals surface area contributed by atoms with Crippen LogP contribution in [0.5, 0.6) is 0 Å². The fourth-order valence-corrected chi connectivity index (χ4v) is 1.97. The van der Waals surface area contributed by atoms with E-state index in [0.29, 0.717) is 17.4 Å². The van der Waals surface area contributed by atoms with E-state index in [1.807, 2.05) is 25.1 Å². The smallest absolute Gasteiger partial charge is 0.290 e. The molecule has 0 saturated carbocycles. The van der Waals surface area contributed by atoms with Gasteiger partial charge in [-0.3, -0.25) is 4.79 Å². The van der Waals surface area contributed by atoms with E-state index in [2.05, 4.69) is 24.9 Å². The Kier molecular flexibility index (Phi) is 6.15. The quantitative estimate of drug-likeness (QED) is 0.868. The molecule has 0 saturated heterocycles. The number of aryl methyl sites for hydroxylation is 1. The van der Waals surface area contributed by atoms with Crippen LogP contribution in [0.3, 0.4) is 0 Å². The van der Waals surface area contributed by atoms with E-state index in [9.17, 15) is 0 Å². The molecule has 0 spiro atoms. The molecule has 1 heterocycles. The summed E-state index contributed by atoms with van der Waals surface area (Å²) in [7, 11) is 0. The highest BCUT2D eigenvalue weighted by molar-refractivity contribution is 5.64. The summed E-state index contributed by atoms with van der Waals surface area (Å²) in [6.07, 6.45) is 2.77. The lowest BCUT2D eigenvalue weighted by molar-refractivity contribution is -0.122. The predicted octanol–water partition coefficient (Wildman–Crippen LogP) is 3.74. The average molecular weight is 286 g/mol. The number of carboxylic acid groups (broad SMARTS) is 1. The Balaban J connectivity index is 0.000000677. The fraction of sp³-hybridized carbons (Fsp3) is 0.312. The molecule has 0 amide bonds. The predicted molar refractivity (Wildman–Crippen MR) is 78.8 cm³/mol. The van der Waals surface area contributed by atoms with Gasteiger partial charge >= 0.3 is 0 Å². The highest BCUT2D eigenvalue weighted by atomic mass is 16.4. The number of nitrogens with zero attached hydrogens (tertiary/aromatic N) is 2. The Morgan fingerprint density at radius 3 is 2.67 bits per heavy atom. The zero-order valence-electron chi connectivity index (χ0n) is 12.3. The van der Waals surface area contributed by atoms with Crippen molar-refractivity contribution in [1.82, 2.24) is 4.98 Å². The third-order valence-corrected chi connectivity index (χ3v) is 3.21. The highest BCUT2D eigenvalue weighted by Crippen LogP contribution is 2.32. The Bertz CT molecular complexity index is 641. The first-order valence-electron chi connectivity index (χ1n) is 6.62. The molecule has 1 unspecified atom stereocenters. The van der Waals surface area contributed by atoms with E-state index in [1.54, 1.807) is 6.20 Å². The summed E-state index contributed by atoms with van der Waals surface area (Å²) in [5.74, 6) is 1.81. The lowest BCUT2D eigenvalue weighted by atomic mass is 9.91. The van der Waals surface area contributed by atoms with Crippen LogP contribution in [0.1, 0.15) is 43.2 Å². The molecule has 1 aromatic heterocycles. The van der Waals surface area contributed by atoms with Crippen molar-refractivity contribution in [2.45, 2.75) is 33.1 Å². The van der Waals surface area contributed by atoms with E-state index in [0.717, 1.165) is 17.7 Å². The van der Waals surface area contributed by atoms with E-state index < -0.39 is 0 Å². The number of hydrogen-bond acceptors (Lipinski definition) is 4. The molecule has 0 aliphatic heterocycles. The van der Waals surface area contributed by atoms with Crippen LogP contribution >= 0.6 is 0 Å². The molecule has 0 bridgehead atoms. The minimum Gasteiger partial charge on any atom is -0.483 e. The van der Waals surface area contributed by atoms with Crippen molar-refractivity contribution in [3.8, 4) is 17.4 Å². The van der Waals surface area contributed by atoms with Crippen molar-refractivity contribution in [2.24, 2.45) is 0 Å². The number of hydrogen-bond donors (Lipinski definition) is 1. The molecule has 5 heteroatoms. The summed E-state index contributed by atoms with van der Waals surface area (Å²) in [6, 6.07) is 7.91. The maximum absolute atomic E-state index is 9.00. The molecule has 0 aliphatic carbocycles. The molecule has 1 N–H and O–H groups in total. The van der Waals surface area contributed by atoms with Crippen LogP contribution in [0.15, 0.2) is 28.8 Å². The van der Waals surface area contributed by atoms with Gasteiger partial charge in [0.2, 0.25) is 0 Å². The zero-order chi connectivity index (χ0) is 15.8. The van der Waals surface area contributed by atoms with Gasteiger partial charge in [0.1, 0.15) is 0 Å². The molecular weight excluding hydrogens is 268 g/mol. The van der Waals surface area contributed by atoms with Gasteiger partial charge in [-0.05, 0) is 30.0 Å². The SMILES string of the molecule is CCC(C)c1ccc(C#N)cc1-c1cnc(C)o1.O=CO. The van der Waals surface area contributed by atoms with Gasteiger partial charge in [0, 0.05) is 12.5 Å². The van der Waals surface area contributed by atoms with Gasteiger partial charge in [-0.15, -0.1) is 0 Å². The third-order valence-electron chi connectivity index (χ3n) is 3.21. The van der Waals surface area contributed by atoms with Crippen molar-refractivity contribution >= 4 is 6.47 Å². The van der Waals surface area contributed by atoms with Gasteiger partial charge in [-0.25, -0.2) is 4.98 Å². The second kappa shape index (κ2) is 7.85. The number of carbonyl (C=O) groups is 1. The van der Waals surface area contributed by atoms with Crippen LogP contribution in [-0.4, -0.2) is 16.6 Å². The van der Waals surface area contributed by atoms with Crippen molar-refractivity contribution in [3.05, 3.63) is 41.4 Å². The minimum atomic E-state index is -0.250. The monoisotopic (exact) mass is 286 g/mol. The van der Waals surface area contributed by atoms with Gasteiger partial charge in [0.25, 0.3) is 6.47 Å². The molecule has 1 aromatic carbocycles. The Labute approximate surface area is 123 Å². The highest BCUT2D eigenvalue weighted by Gasteiger charge is 2.14. The molecule has 0 radical (unpaired) electrons. The minimum absolute atomic E-state index is 0.250. The lowest BCUT2D eigenvalue weighted by Crippen LogP contribution is -1.95. The Morgan fingerprint density at radius 1 is 1.52 bits per heavy atom. The maximum atomic E-state index is 9.00. The first kappa shape index (κ1) is 16.4. The van der Waals surface area contributed by atoms with E-state index >= 15 is 0 Å². The summed E-state index contributed by atoms with van der Waals surface area (Å²) in [5.41, 5.74) is 2.82. The fourth-order valence-electron chi connectivity index (χ4n) is 1.97. The molecule has 2 aromatic rings. The second-order valence-electron chi connectivity index (χ2n) is 4.57. The molecule has 110 valence electrons. The van der Waals surface area contributed by atoms with Crippen molar-refractivity contribution < 1.29 is 14.3 Å². The largest absolute Gasteiger partial charge is 0.483 e. The summed E-state index contributed by atoms with van der Waals surface area (Å²) in [5, 5.41) is 15.9. The third kappa shape index (κ3) is 4.18. The lowest BCUT2D eigenvalue weighted by Gasteiger charge is -2.13. The first-order chi connectivity index (χ1) is 10.1. The first-order valence-corrected chi connectivity index (χ1v) is 6.62. The van der Waals surface area contributed by atoms with E-state index in [-0.39, 0.29) is 6.47 Å². The standard InChI is InChI=1S/C15H16N2O.CH2O2/c1-4-10(2)13-6-5-12(8-16)7-14(13)15-9-17-11(3)18-15;2-1-3/h5-7,9-10H,4H2,1-3H3;1H,(H,2,3). The van der Waals surface area contributed by atoms with Crippen molar-refractivity contribution in [2.75, 3.05) is 0 Å².